The molecular formula is C7H16N2O3. The SMILES string of the molecule is CN1CCN(C)C1=O.OCCO. The Labute approximate surface area is 72.2 Å². The number of carbonyl (C=O) groups excluding carboxylic acids is 1. The quantitative estimate of drug-likeness (QED) is 0.536. The fraction of sp³-hybridized carbons (Fsp3) is 0.857. The van der Waals surface area contributed by atoms with E-state index < -0.39 is 0 Å². The molecule has 1 aliphatic rings. The largest absolute Gasteiger partial charge is 0.394 e. The maximum atomic E-state index is 10.8. The van der Waals surface area contributed by atoms with Crippen LogP contribution in [0.15, 0.2) is 0 Å². The molecule has 12 heavy (non-hydrogen) atoms. The highest BCUT2D eigenvalue weighted by atomic mass is 16.3. The number of hydrogen-bond donors (Lipinski definition) is 2. The van der Waals surface area contributed by atoms with Crippen LogP contribution < -0.4 is 0 Å². The molecule has 1 rings (SSSR count). The number of aliphatic hydroxyl groups is 2. The Hall–Kier alpha value is -0.810. The molecule has 1 fully saturated rings. The fourth-order valence-electron chi connectivity index (χ4n) is 0.783. The van der Waals surface area contributed by atoms with E-state index in [2.05, 4.69) is 0 Å². The predicted molar refractivity (Wildman–Crippen MR) is 44.8 cm³/mol. The molecule has 0 unspecified atom stereocenters. The van der Waals surface area contributed by atoms with Gasteiger partial charge in [0.1, 0.15) is 0 Å². The normalized spacial score (nSPS) is 16.2. The number of nitrogens with zero attached hydrogens (tertiary/aromatic N) is 2. The Balaban J connectivity index is 0.000000261. The van der Waals surface area contributed by atoms with E-state index in [1.54, 1.807) is 9.80 Å². The Morgan fingerprint density at radius 3 is 1.58 bits per heavy atom. The number of amides is 2. The molecule has 5 heteroatoms. The first-order valence-corrected chi connectivity index (χ1v) is 3.81. The van der Waals surface area contributed by atoms with E-state index in [0.29, 0.717) is 0 Å². The second kappa shape index (κ2) is 5.79. The minimum Gasteiger partial charge on any atom is -0.394 e. The van der Waals surface area contributed by atoms with Crippen LogP contribution in [0.3, 0.4) is 0 Å². The molecule has 0 aromatic rings. The minimum atomic E-state index is -0.125. The summed E-state index contributed by atoms with van der Waals surface area (Å²) in [6, 6.07) is 0.130. The second-order valence-corrected chi connectivity index (χ2v) is 2.57. The van der Waals surface area contributed by atoms with Gasteiger partial charge in [0.15, 0.2) is 0 Å². The van der Waals surface area contributed by atoms with E-state index in [1.807, 2.05) is 14.1 Å². The average Bonchev–Trinajstić information content (AvgIpc) is 2.37. The number of rotatable bonds is 1. The molecule has 0 radical (unpaired) electrons. The molecule has 0 atom stereocenters. The fourth-order valence-corrected chi connectivity index (χ4v) is 0.783. The molecular weight excluding hydrogens is 160 g/mol. The first kappa shape index (κ1) is 11.2. The van der Waals surface area contributed by atoms with Crippen LogP contribution in [0, 0.1) is 0 Å². The molecule has 2 amide bonds. The van der Waals surface area contributed by atoms with Gasteiger partial charge in [-0.15, -0.1) is 0 Å². The summed E-state index contributed by atoms with van der Waals surface area (Å²) in [6.07, 6.45) is 0. The molecule has 72 valence electrons. The monoisotopic (exact) mass is 176 g/mol. The predicted octanol–water partition coefficient (Wildman–Crippen LogP) is -1.05. The van der Waals surface area contributed by atoms with Crippen LogP contribution >= 0.6 is 0 Å². The third-order valence-corrected chi connectivity index (χ3v) is 1.52. The minimum absolute atomic E-state index is 0.125. The van der Waals surface area contributed by atoms with Gasteiger partial charge >= 0.3 is 6.03 Å². The molecule has 5 nitrogen and oxygen atoms in total. The lowest BCUT2D eigenvalue weighted by atomic mass is 10.6. The van der Waals surface area contributed by atoms with Crippen molar-refractivity contribution in [2.45, 2.75) is 0 Å². The van der Waals surface area contributed by atoms with E-state index in [9.17, 15) is 4.79 Å². The van der Waals surface area contributed by atoms with Gasteiger partial charge in [0, 0.05) is 27.2 Å². The van der Waals surface area contributed by atoms with Gasteiger partial charge in [0.05, 0.1) is 13.2 Å². The lowest BCUT2D eigenvalue weighted by Crippen LogP contribution is -2.25. The smallest absolute Gasteiger partial charge is 0.319 e. The van der Waals surface area contributed by atoms with E-state index in [1.165, 1.54) is 0 Å². The molecule has 1 aliphatic heterocycles. The first-order chi connectivity index (χ1) is 5.63. The van der Waals surface area contributed by atoms with Crippen molar-refractivity contribution >= 4 is 6.03 Å². The van der Waals surface area contributed by atoms with Crippen LogP contribution in [0.4, 0.5) is 4.79 Å². The highest BCUT2D eigenvalue weighted by molar-refractivity contribution is 5.75. The van der Waals surface area contributed by atoms with E-state index in [4.69, 9.17) is 10.2 Å². The van der Waals surface area contributed by atoms with Gasteiger partial charge in [-0.1, -0.05) is 0 Å². The van der Waals surface area contributed by atoms with E-state index >= 15 is 0 Å². The van der Waals surface area contributed by atoms with Crippen molar-refractivity contribution in [2.75, 3.05) is 40.4 Å². The zero-order chi connectivity index (χ0) is 9.56. The maximum Gasteiger partial charge on any atom is 0.319 e. The summed E-state index contributed by atoms with van der Waals surface area (Å²) in [5, 5.41) is 15.2. The topological polar surface area (TPSA) is 64.0 Å². The summed E-state index contributed by atoms with van der Waals surface area (Å²) in [4.78, 5) is 14.2. The lowest BCUT2D eigenvalue weighted by Gasteiger charge is -2.07. The summed E-state index contributed by atoms with van der Waals surface area (Å²) in [7, 11) is 3.62. The Morgan fingerprint density at radius 2 is 1.50 bits per heavy atom. The molecule has 0 saturated carbocycles. The average molecular weight is 176 g/mol. The Bertz CT molecular complexity index is 127. The van der Waals surface area contributed by atoms with Gasteiger partial charge < -0.3 is 20.0 Å². The van der Waals surface area contributed by atoms with Crippen molar-refractivity contribution < 1.29 is 15.0 Å². The van der Waals surface area contributed by atoms with Crippen LogP contribution in [0.2, 0.25) is 0 Å². The molecule has 1 saturated heterocycles. The van der Waals surface area contributed by atoms with Gasteiger partial charge in [-0.25, -0.2) is 4.79 Å². The molecule has 0 aromatic heterocycles. The molecule has 0 aromatic carbocycles. The zero-order valence-electron chi connectivity index (χ0n) is 7.53. The molecule has 0 aliphatic carbocycles. The number of carbonyl (C=O) groups is 1. The van der Waals surface area contributed by atoms with Crippen LogP contribution in [-0.4, -0.2) is 66.4 Å². The third-order valence-electron chi connectivity index (χ3n) is 1.52. The summed E-state index contributed by atoms with van der Waals surface area (Å²) in [5.74, 6) is 0. The van der Waals surface area contributed by atoms with Crippen LogP contribution in [0.5, 0.6) is 0 Å². The highest BCUT2D eigenvalue weighted by Crippen LogP contribution is 2.00. The van der Waals surface area contributed by atoms with Crippen molar-refractivity contribution in [3.8, 4) is 0 Å². The number of likely N-dealkylation sites (N-methyl/N-ethyl adjacent to an activating group) is 2. The number of urea groups is 1. The zero-order valence-corrected chi connectivity index (χ0v) is 7.53. The van der Waals surface area contributed by atoms with Gasteiger partial charge in [-0.05, 0) is 0 Å². The van der Waals surface area contributed by atoms with Crippen molar-refractivity contribution in [3.05, 3.63) is 0 Å². The van der Waals surface area contributed by atoms with Crippen molar-refractivity contribution in [2.24, 2.45) is 0 Å². The van der Waals surface area contributed by atoms with Crippen LogP contribution in [-0.2, 0) is 0 Å². The third kappa shape index (κ3) is 3.54. The van der Waals surface area contributed by atoms with Gasteiger partial charge in [0.2, 0.25) is 0 Å². The van der Waals surface area contributed by atoms with Crippen molar-refractivity contribution in [1.29, 1.82) is 0 Å². The maximum absolute atomic E-state index is 10.8. The molecule has 2 N–H and O–H groups in total. The molecule has 1 heterocycles. The van der Waals surface area contributed by atoms with Crippen molar-refractivity contribution in [3.63, 3.8) is 0 Å². The second-order valence-electron chi connectivity index (χ2n) is 2.57. The summed E-state index contributed by atoms with van der Waals surface area (Å²) >= 11 is 0. The Morgan fingerprint density at radius 1 is 1.17 bits per heavy atom. The summed E-state index contributed by atoms with van der Waals surface area (Å²) < 4.78 is 0. The highest BCUT2D eigenvalue weighted by Gasteiger charge is 2.20. The standard InChI is InChI=1S/C5H10N2O.C2H6O2/c1-6-3-4-7(2)5(6)8;3-1-2-4/h3-4H2,1-2H3;3-4H,1-2H2. The number of hydrogen-bond acceptors (Lipinski definition) is 3. The first-order valence-electron chi connectivity index (χ1n) is 3.81. The lowest BCUT2D eigenvalue weighted by molar-refractivity contribution is 0.186. The van der Waals surface area contributed by atoms with Crippen molar-refractivity contribution in [1.82, 2.24) is 9.80 Å². The summed E-state index contributed by atoms with van der Waals surface area (Å²) in [5.41, 5.74) is 0. The molecule has 0 bridgehead atoms. The Kier molecular flexibility index (Phi) is 5.40. The van der Waals surface area contributed by atoms with Crippen LogP contribution in [0.25, 0.3) is 0 Å². The van der Waals surface area contributed by atoms with Gasteiger partial charge in [-0.3, -0.25) is 0 Å². The molecule has 0 spiro atoms. The van der Waals surface area contributed by atoms with Gasteiger partial charge in [-0.2, -0.15) is 0 Å². The van der Waals surface area contributed by atoms with Crippen LogP contribution in [0.1, 0.15) is 0 Å². The summed E-state index contributed by atoms with van der Waals surface area (Å²) in [6.45, 7) is 1.49. The van der Waals surface area contributed by atoms with E-state index in [0.717, 1.165) is 13.1 Å². The van der Waals surface area contributed by atoms with Gasteiger partial charge in [0.25, 0.3) is 0 Å². The number of aliphatic hydroxyl groups excluding tert-OH is 2. The van der Waals surface area contributed by atoms with E-state index in [-0.39, 0.29) is 19.2 Å².